The van der Waals surface area contributed by atoms with Crippen molar-refractivity contribution in [2.75, 3.05) is 18.4 Å². The van der Waals surface area contributed by atoms with E-state index < -0.39 is 17.4 Å². The summed E-state index contributed by atoms with van der Waals surface area (Å²) in [5, 5.41) is 21.8. The second-order valence-electron chi connectivity index (χ2n) is 7.82. The number of carbonyl (C=O) groups is 1. The lowest BCUT2D eigenvalue weighted by Gasteiger charge is -2.22. The highest BCUT2D eigenvalue weighted by Gasteiger charge is 2.73. The van der Waals surface area contributed by atoms with Crippen LogP contribution in [0.5, 0.6) is 0 Å². The van der Waals surface area contributed by atoms with Crippen molar-refractivity contribution in [2.24, 2.45) is 5.41 Å². The molecule has 1 amide bonds. The van der Waals surface area contributed by atoms with Crippen molar-refractivity contribution in [3.05, 3.63) is 17.2 Å². The molecule has 2 aliphatic rings. The van der Waals surface area contributed by atoms with Gasteiger partial charge in [-0.05, 0) is 25.0 Å². The lowest BCUT2D eigenvalue weighted by Crippen LogP contribution is -2.42. The zero-order valence-corrected chi connectivity index (χ0v) is 16.7. The quantitative estimate of drug-likeness (QED) is 0.630. The van der Waals surface area contributed by atoms with Crippen molar-refractivity contribution in [1.82, 2.24) is 30.5 Å². The average molecular weight is 438 g/mol. The molecule has 2 aromatic heterocycles. The van der Waals surface area contributed by atoms with E-state index in [1.54, 1.807) is 12.1 Å². The summed E-state index contributed by atoms with van der Waals surface area (Å²) in [4.78, 5) is 14.4. The van der Waals surface area contributed by atoms with Gasteiger partial charge in [-0.25, -0.2) is 8.78 Å². The van der Waals surface area contributed by atoms with Crippen LogP contribution >= 0.6 is 11.6 Å². The molecule has 158 valence electrons. The van der Waals surface area contributed by atoms with Gasteiger partial charge in [-0.1, -0.05) is 28.8 Å². The summed E-state index contributed by atoms with van der Waals surface area (Å²) in [5.41, 5.74) is 0.560. The Kier molecular flexibility index (Phi) is 4.21. The Bertz CT molecular complexity index is 1130. The molecule has 3 heterocycles. The Morgan fingerprint density at radius 3 is 2.90 bits per heavy atom. The summed E-state index contributed by atoms with van der Waals surface area (Å²) in [5.74, 6) is -2.71. The molecule has 0 radical (unpaired) electrons. The molecular formula is C18H18ClF2N7O2. The first-order valence-electron chi connectivity index (χ1n) is 9.60. The molecule has 1 saturated carbocycles. The van der Waals surface area contributed by atoms with Crippen molar-refractivity contribution < 1.29 is 18.0 Å². The number of anilines is 1. The van der Waals surface area contributed by atoms with Crippen molar-refractivity contribution in [3.8, 4) is 11.5 Å². The van der Waals surface area contributed by atoms with Crippen LogP contribution in [0.25, 0.3) is 22.5 Å². The van der Waals surface area contributed by atoms with Crippen LogP contribution in [-0.4, -0.2) is 61.5 Å². The zero-order chi connectivity index (χ0) is 21.1. The van der Waals surface area contributed by atoms with Gasteiger partial charge in [0.2, 0.25) is 5.91 Å². The second-order valence-corrected chi connectivity index (χ2v) is 8.23. The number of likely N-dealkylation sites (tertiary alicyclic amines) is 1. The number of nitrogens with one attached hydrogen (secondary N) is 2. The monoisotopic (exact) mass is 437 g/mol. The third kappa shape index (κ3) is 2.91. The largest absolute Gasteiger partial charge is 0.403 e. The lowest BCUT2D eigenvalue weighted by atomic mass is 10.1. The number of benzene rings is 1. The molecule has 3 aromatic rings. The Hall–Kier alpha value is -2.82. The number of amides is 1. The summed E-state index contributed by atoms with van der Waals surface area (Å²) >= 11 is 6.10. The molecule has 5 rings (SSSR count). The number of H-pyrrole nitrogens is 1. The van der Waals surface area contributed by atoms with Gasteiger partial charge in [0.15, 0.2) is 0 Å². The summed E-state index contributed by atoms with van der Waals surface area (Å²) in [7, 11) is 0. The third-order valence-corrected chi connectivity index (χ3v) is 6.28. The Morgan fingerprint density at radius 1 is 1.40 bits per heavy atom. The second kappa shape index (κ2) is 6.59. The van der Waals surface area contributed by atoms with E-state index in [0.29, 0.717) is 41.0 Å². The number of carbonyl (C=O) groups excluding carboxylic acids is 1. The van der Waals surface area contributed by atoms with Gasteiger partial charge in [0.05, 0.1) is 21.5 Å². The van der Waals surface area contributed by atoms with E-state index in [2.05, 4.69) is 30.9 Å². The third-order valence-electron chi connectivity index (χ3n) is 5.98. The van der Waals surface area contributed by atoms with Crippen molar-refractivity contribution in [1.29, 1.82) is 0 Å². The van der Waals surface area contributed by atoms with Crippen molar-refractivity contribution in [2.45, 2.75) is 38.2 Å². The smallest absolute Gasteiger partial charge is 0.316 e. The van der Waals surface area contributed by atoms with E-state index in [1.165, 1.54) is 4.90 Å². The van der Waals surface area contributed by atoms with Gasteiger partial charge < -0.3 is 14.6 Å². The molecule has 2 atom stereocenters. The SMILES string of the molecule is CC[C@@H](Nc1nnc(-c2ccc(Cl)c3nn[nH]c23)o1)C(=O)N1CCC2(C1)CC2(F)F. The molecule has 2 N–H and O–H groups in total. The molecule has 1 aliphatic carbocycles. The summed E-state index contributed by atoms with van der Waals surface area (Å²) in [6, 6.07) is 2.75. The fourth-order valence-electron chi connectivity index (χ4n) is 4.06. The highest BCUT2D eigenvalue weighted by atomic mass is 35.5. The zero-order valence-electron chi connectivity index (χ0n) is 16.0. The molecule has 2 fully saturated rings. The van der Waals surface area contributed by atoms with E-state index >= 15 is 0 Å². The van der Waals surface area contributed by atoms with Crippen LogP contribution in [-0.2, 0) is 4.79 Å². The van der Waals surface area contributed by atoms with Gasteiger partial charge in [0.25, 0.3) is 11.8 Å². The molecule has 0 bridgehead atoms. The number of alkyl halides is 2. The van der Waals surface area contributed by atoms with Gasteiger partial charge in [-0.3, -0.25) is 9.89 Å². The molecule has 1 unspecified atom stereocenters. The highest BCUT2D eigenvalue weighted by Crippen LogP contribution is 2.65. The minimum absolute atomic E-state index is 0.0615. The fraction of sp³-hybridized carbons (Fsp3) is 0.500. The molecule has 1 aromatic carbocycles. The number of fused-ring (bicyclic) bond motifs is 1. The minimum atomic E-state index is -2.66. The Labute approximate surface area is 174 Å². The van der Waals surface area contributed by atoms with Crippen molar-refractivity contribution in [3.63, 3.8) is 0 Å². The van der Waals surface area contributed by atoms with Gasteiger partial charge in [-0.15, -0.1) is 10.2 Å². The van der Waals surface area contributed by atoms with Gasteiger partial charge >= 0.3 is 6.01 Å². The minimum Gasteiger partial charge on any atom is -0.403 e. The lowest BCUT2D eigenvalue weighted by molar-refractivity contribution is -0.131. The number of hydrogen-bond donors (Lipinski definition) is 2. The van der Waals surface area contributed by atoms with Crippen LogP contribution in [0.3, 0.4) is 0 Å². The van der Waals surface area contributed by atoms with E-state index in [-0.39, 0.29) is 30.8 Å². The molecule has 1 spiro atoms. The molecule has 1 saturated heterocycles. The van der Waals surface area contributed by atoms with Crippen LogP contribution in [0.1, 0.15) is 26.2 Å². The first-order valence-corrected chi connectivity index (χ1v) is 9.98. The Morgan fingerprint density at radius 2 is 2.20 bits per heavy atom. The number of aromatic nitrogens is 5. The topological polar surface area (TPSA) is 113 Å². The number of aromatic amines is 1. The molecule has 1 aliphatic heterocycles. The molecule has 30 heavy (non-hydrogen) atoms. The predicted molar refractivity (Wildman–Crippen MR) is 103 cm³/mol. The summed E-state index contributed by atoms with van der Waals surface area (Å²) < 4.78 is 32.9. The first kappa shape index (κ1) is 19.2. The maximum absolute atomic E-state index is 13.6. The Balaban J connectivity index is 1.32. The van der Waals surface area contributed by atoms with Crippen molar-refractivity contribution >= 4 is 34.6 Å². The number of nitrogens with zero attached hydrogens (tertiary/aromatic N) is 5. The van der Waals surface area contributed by atoms with E-state index in [9.17, 15) is 13.6 Å². The normalized spacial score (nSPS) is 23.3. The maximum Gasteiger partial charge on any atom is 0.316 e. The van der Waals surface area contributed by atoms with E-state index in [0.717, 1.165) is 0 Å². The molecule has 12 heteroatoms. The van der Waals surface area contributed by atoms with Crippen LogP contribution in [0.15, 0.2) is 16.5 Å². The van der Waals surface area contributed by atoms with Crippen LogP contribution in [0, 0.1) is 5.41 Å². The van der Waals surface area contributed by atoms with Crippen LogP contribution in [0.2, 0.25) is 5.02 Å². The van der Waals surface area contributed by atoms with Gasteiger partial charge in [-0.2, -0.15) is 0 Å². The van der Waals surface area contributed by atoms with E-state index in [4.69, 9.17) is 16.0 Å². The summed E-state index contributed by atoms with van der Waals surface area (Å²) in [6.45, 7) is 2.24. The van der Waals surface area contributed by atoms with Gasteiger partial charge in [0, 0.05) is 19.5 Å². The fourth-order valence-corrected chi connectivity index (χ4v) is 4.26. The standard InChI is InChI=1S/C18H18ClF2N7O2/c1-2-11(15(29)28-6-5-17(8-28)7-18(17,20)21)22-16-26-25-14(30-16)9-3-4-10(19)13-12(9)23-27-24-13/h3-4,11H,2,5-8H2,1H3,(H,22,26)(H,23,24,27)/t11-,17?/m1/s1. The molecule has 9 nitrogen and oxygen atoms in total. The first-order chi connectivity index (χ1) is 14.3. The maximum atomic E-state index is 13.6. The number of hydrogen-bond acceptors (Lipinski definition) is 7. The van der Waals surface area contributed by atoms with Gasteiger partial charge in [0.1, 0.15) is 11.6 Å². The highest BCUT2D eigenvalue weighted by molar-refractivity contribution is 6.35. The number of halogens is 3. The molecular weight excluding hydrogens is 420 g/mol. The van der Waals surface area contributed by atoms with Crippen LogP contribution in [0.4, 0.5) is 14.8 Å². The summed E-state index contributed by atoms with van der Waals surface area (Å²) in [6.07, 6.45) is 0.628. The predicted octanol–water partition coefficient (Wildman–Crippen LogP) is 3.11. The average Bonchev–Trinajstić information content (AvgIpc) is 3.27. The number of rotatable bonds is 5. The van der Waals surface area contributed by atoms with Crippen LogP contribution < -0.4 is 5.32 Å². The van der Waals surface area contributed by atoms with E-state index in [1.807, 2.05) is 6.92 Å².